The van der Waals surface area contributed by atoms with Crippen molar-refractivity contribution in [3.05, 3.63) is 59.9 Å². The van der Waals surface area contributed by atoms with Crippen LogP contribution in [0.25, 0.3) is 22.5 Å². The van der Waals surface area contributed by atoms with Gasteiger partial charge >= 0.3 is 0 Å². The number of rotatable bonds is 8. The maximum absolute atomic E-state index is 13.0. The Labute approximate surface area is 198 Å². The second kappa shape index (κ2) is 10.0. The molecule has 0 saturated heterocycles. The second-order valence-electron chi connectivity index (χ2n) is 8.81. The van der Waals surface area contributed by atoms with E-state index in [0.29, 0.717) is 18.2 Å². The molecule has 1 aliphatic rings. The summed E-state index contributed by atoms with van der Waals surface area (Å²) in [6.07, 6.45) is 10.6. The van der Waals surface area contributed by atoms with Gasteiger partial charge in [-0.15, -0.1) is 15.3 Å². The third kappa shape index (κ3) is 4.64. The molecular formula is C25H28N8O. The summed E-state index contributed by atoms with van der Waals surface area (Å²) in [4.78, 5) is 21.9. The smallest absolute Gasteiger partial charge is 0.217 e. The molecule has 5 rings (SSSR count). The van der Waals surface area contributed by atoms with Crippen molar-refractivity contribution in [2.45, 2.75) is 58.4 Å². The molecule has 1 saturated carbocycles. The number of tetrazole rings is 1. The summed E-state index contributed by atoms with van der Waals surface area (Å²) < 4.78 is 1.89. The second-order valence-corrected chi connectivity index (χ2v) is 8.81. The molecule has 0 atom stereocenters. The number of hydrogen-bond donors (Lipinski definition) is 1. The fourth-order valence-electron chi connectivity index (χ4n) is 4.62. The maximum atomic E-state index is 13.0. The van der Waals surface area contributed by atoms with Gasteiger partial charge in [0.1, 0.15) is 5.82 Å². The molecule has 0 radical (unpaired) electrons. The highest BCUT2D eigenvalue weighted by atomic mass is 16.1. The molecule has 3 heterocycles. The number of ketones is 1. The fraction of sp³-hybridized carbons (Fsp3) is 0.400. The highest BCUT2D eigenvalue weighted by Gasteiger charge is 2.26. The third-order valence-corrected chi connectivity index (χ3v) is 6.42. The van der Waals surface area contributed by atoms with Gasteiger partial charge in [0.15, 0.2) is 0 Å². The lowest BCUT2D eigenvalue weighted by Gasteiger charge is -2.18. The van der Waals surface area contributed by atoms with Crippen LogP contribution in [0.2, 0.25) is 0 Å². The van der Waals surface area contributed by atoms with Gasteiger partial charge in [-0.3, -0.25) is 9.78 Å². The van der Waals surface area contributed by atoms with Crippen LogP contribution in [0, 0.1) is 5.92 Å². The molecule has 3 aromatic heterocycles. The maximum Gasteiger partial charge on any atom is 0.217 e. The standard InChI is InChI=1S/C25H28N8O/c1-2-6-22-27-25(23(34)19-7-4-3-5-8-19)30-33(22)16-17-9-11-18(12-10-17)20-13-14-26-15-21(20)24-28-31-32-29-24/h9-15,19H,2-8,16H2,1H3,(H,28,29,31,32). The van der Waals surface area contributed by atoms with Crippen LogP contribution < -0.4 is 0 Å². The number of carbonyl (C=O) groups is 1. The summed E-state index contributed by atoms with van der Waals surface area (Å²) in [5.74, 6) is 1.95. The number of nitrogens with one attached hydrogen (secondary N) is 1. The van der Waals surface area contributed by atoms with Crippen molar-refractivity contribution in [2.24, 2.45) is 5.92 Å². The number of nitrogens with zero attached hydrogens (tertiary/aromatic N) is 7. The summed E-state index contributed by atoms with van der Waals surface area (Å²) in [7, 11) is 0. The zero-order chi connectivity index (χ0) is 23.3. The average Bonchev–Trinajstić information content (AvgIpc) is 3.56. The number of pyridine rings is 1. The minimum absolute atomic E-state index is 0.0760. The lowest BCUT2D eigenvalue weighted by molar-refractivity contribution is 0.0878. The fourth-order valence-corrected chi connectivity index (χ4v) is 4.62. The van der Waals surface area contributed by atoms with Crippen molar-refractivity contribution in [1.29, 1.82) is 0 Å². The van der Waals surface area contributed by atoms with E-state index < -0.39 is 0 Å². The molecule has 0 spiro atoms. The first-order chi connectivity index (χ1) is 16.7. The molecule has 0 bridgehead atoms. The van der Waals surface area contributed by atoms with Gasteiger partial charge in [-0.1, -0.05) is 50.5 Å². The zero-order valence-corrected chi connectivity index (χ0v) is 19.3. The Kier molecular flexibility index (Phi) is 6.51. The van der Waals surface area contributed by atoms with E-state index in [-0.39, 0.29) is 11.7 Å². The highest BCUT2D eigenvalue weighted by Crippen LogP contribution is 2.29. The van der Waals surface area contributed by atoms with Crippen LogP contribution in [0.1, 0.15) is 67.5 Å². The molecule has 0 amide bonds. The van der Waals surface area contributed by atoms with E-state index in [9.17, 15) is 4.79 Å². The monoisotopic (exact) mass is 456 g/mol. The van der Waals surface area contributed by atoms with Crippen LogP contribution in [0.15, 0.2) is 42.7 Å². The third-order valence-electron chi connectivity index (χ3n) is 6.42. The van der Waals surface area contributed by atoms with Gasteiger partial charge in [-0.2, -0.15) is 5.21 Å². The van der Waals surface area contributed by atoms with Gasteiger partial charge in [0.25, 0.3) is 0 Å². The molecule has 4 aromatic rings. The Hall–Kier alpha value is -3.75. The normalized spacial score (nSPS) is 14.4. The number of hydrogen-bond acceptors (Lipinski definition) is 7. The molecule has 0 unspecified atom stereocenters. The van der Waals surface area contributed by atoms with Gasteiger partial charge in [-0.05, 0) is 47.2 Å². The molecule has 174 valence electrons. The van der Waals surface area contributed by atoms with Crippen LogP contribution in [0.5, 0.6) is 0 Å². The largest absolute Gasteiger partial charge is 0.290 e. The SMILES string of the molecule is CCCc1nc(C(=O)C2CCCCC2)nn1Cc1ccc(-c2ccncc2-c2nn[nH]n2)cc1. The van der Waals surface area contributed by atoms with Crippen molar-refractivity contribution in [3.63, 3.8) is 0 Å². The van der Waals surface area contributed by atoms with E-state index in [1.165, 1.54) is 6.42 Å². The van der Waals surface area contributed by atoms with Gasteiger partial charge in [0, 0.05) is 30.3 Å². The predicted molar refractivity (Wildman–Crippen MR) is 127 cm³/mol. The van der Waals surface area contributed by atoms with Gasteiger partial charge in [-0.25, -0.2) is 9.67 Å². The summed E-state index contributed by atoms with van der Waals surface area (Å²) in [5, 5.41) is 19.0. The number of H-pyrrole nitrogens is 1. The van der Waals surface area contributed by atoms with Crippen molar-refractivity contribution in [3.8, 4) is 22.5 Å². The Bertz CT molecular complexity index is 1240. The quantitative estimate of drug-likeness (QED) is 0.393. The Balaban J connectivity index is 1.37. The minimum atomic E-state index is 0.0760. The summed E-state index contributed by atoms with van der Waals surface area (Å²) in [6, 6.07) is 10.2. The van der Waals surface area contributed by atoms with E-state index in [4.69, 9.17) is 0 Å². The summed E-state index contributed by atoms with van der Waals surface area (Å²) in [6.45, 7) is 2.70. The Morgan fingerprint density at radius 2 is 1.91 bits per heavy atom. The summed E-state index contributed by atoms with van der Waals surface area (Å²) in [5.41, 5.74) is 3.93. The van der Waals surface area contributed by atoms with Crippen LogP contribution >= 0.6 is 0 Å². The van der Waals surface area contributed by atoms with E-state index in [1.54, 1.807) is 12.4 Å². The van der Waals surface area contributed by atoms with E-state index in [2.05, 4.69) is 66.9 Å². The number of carbonyl (C=O) groups excluding carboxylic acids is 1. The first-order valence-corrected chi connectivity index (χ1v) is 12.0. The predicted octanol–water partition coefficient (Wildman–Crippen LogP) is 4.28. The lowest BCUT2D eigenvalue weighted by atomic mass is 9.86. The van der Waals surface area contributed by atoms with E-state index in [1.807, 2.05) is 10.7 Å². The first kappa shape index (κ1) is 22.1. The highest BCUT2D eigenvalue weighted by molar-refractivity contribution is 5.94. The molecular weight excluding hydrogens is 428 g/mol. The Morgan fingerprint density at radius 3 is 2.65 bits per heavy atom. The van der Waals surface area contributed by atoms with Crippen molar-refractivity contribution in [1.82, 2.24) is 40.4 Å². The molecule has 1 aromatic carbocycles. The van der Waals surface area contributed by atoms with Crippen LogP contribution in [-0.2, 0) is 13.0 Å². The molecule has 9 heteroatoms. The van der Waals surface area contributed by atoms with Crippen LogP contribution in [-0.4, -0.2) is 46.2 Å². The van der Waals surface area contributed by atoms with Crippen LogP contribution in [0.4, 0.5) is 0 Å². The number of Topliss-reactive ketones (excluding diaryl/α,β-unsaturated/α-hetero) is 1. The van der Waals surface area contributed by atoms with Crippen molar-refractivity contribution < 1.29 is 4.79 Å². The molecule has 1 aliphatic carbocycles. The first-order valence-electron chi connectivity index (χ1n) is 12.0. The number of aryl methyl sites for hydroxylation is 1. The molecule has 34 heavy (non-hydrogen) atoms. The van der Waals surface area contributed by atoms with Gasteiger partial charge in [0.2, 0.25) is 17.4 Å². The molecule has 1 fully saturated rings. The Morgan fingerprint density at radius 1 is 1.09 bits per heavy atom. The number of aromatic amines is 1. The van der Waals surface area contributed by atoms with Crippen molar-refractivity contribution >= 4 is 5.78 Å². The topological polar surface area (TPSA) is 115 Å². The molecule has 1 N–H and O–H groups in total. The summed E-state index contributed by atoms with van der Waals surface area (Å²) >= 11 is 0. The molecule has 9 nitrogen and oxygen atoms in total. The van der Waals surface area contributed by atoms with Crippen LogP contribution in [0.3, 0.4) is 0 Å². The lowest BCUT2D eigenvalue weighted by Crippen LogP contribution is -2.19. The van der Waals surface area contributed by atoms with Gasteiger partial charge in [0.05, 0.1) is 6.54 Å². The minimum Gasteiger partial charge on any atom is -0.290 e. The van der Waals surface area contributed by atoms with Crippen molar-refractivity contribution in [2.75, 3.05) is 0 Å². The van der Waals surface area contributed by atoms with Gasteiger partial charge < -0.3 is 0 Å². The number of aromatic nitrogens is 8. The number of benzene rings is 1. The van der Waals surface area contributed by atoms with E-state index in [0.717, 1.165) is 66.6 Å². The van der Waals surface area contributed by atoms with E-state index >= 15 is 0 Å². The molecule has 0 aliphatic heterocycles. The average molecular weight is 457 g/mol. The zero-order valence-electron chi connectivity index (χ0n) is 19.3.